The van der Waals surface area contributed by atoms with Crippen LogP contribution in [-0.2, 0) is 25.6 Å². The highest BCUT2D eigenvalue weighted by Gasteiger charge is 2.40. The molecule has 0 aliphatic heterocycles. The standard InChI is InChI=1S/C27H21F3N6O/c1-16-6-2-3-8-18(16)14-35-15-19(13-31-35)32-26(37)22-12-23-33-24-20-9-5-4-7-17(20)10-11-21(24)25(27(28,29)30)36(23)34-22/h2-9,12-13,15H,10-11,14H2,1H3,(H,32,37). The van der Waals surface area contributed by atoms with E-state index in [9.17, 15) is 18.0 Å². The molecule has 0 saturated carbocycles. The Hall–Kier alpha value is -4.47. The first kappa shape index (κ1) is 23.0. The summed E-state index contributed by atoms with van der Waals surface area (Å²) < 4.78 is 45.2. The molecule has 0 atom stereocenters. The number of rotatable bonds is 4. The van der Waals surface area contributed by atoms with Crippen molar-refractivity contribution < 1.29 is 18.0 Å². The maximum Gasteiger partial charge on any atom is 0.433 e. The molecule has 3 aromatic heterocycles. The van der Waals surface area contributed by atoms with Gasteiger partial charge >= 0.3 is 6.18 Å². The first-order valence-corrected chi connectivity index (χ1v) is 11.7. The third-order valence-electron chi connectivity index (χ3n) is 6.60. The number of anilines is 1. The van der Waals surface area contributed by atoms with Gasteiger partial charge in [0.1, 0.15) is 0 Å². The molecular formula is C27H21F3N6O. The Balaban J connectivity index is 1.33. The SMILES string of the molecule is Cc1ccccc1Cn1cc(NC(=O)c2cc3nc4c(c(C(F)(F)F)n3n2)CCc2ccccc2-4)cn1. The number of halogens is 3. The number of aryl methyl sites for hydroxylation is 2. The first-order valence-electron chi connectivity index (χ1n) is 11.7. The molecule has 1 amide bonds. The molecule has 37 heavy (non-hydrogen) atoms. The van der Waals surface area contributed by atoms with Crippen LogP contribution in [0, 0.1) is 6.92 Å². The minimum absolute atomic E-state index is 0.0387. The molecule has 6 rings (SSSR count). The zero-order valence-electron chi connectivity index (χ0n) is 19.8. The average molecular weight is 503 g/mol. The van der Waals surface area contributed by atoms with E-state index in [2.05, 4.69) is 20.5 Å². The van der Waals surface area contributed by atoms with Crippen LogP contribution in [0.3, 0.4) is 0 Å². The molecule has 0 radical (unpaired) electrons. The van der Waals surface area contributed by atoms with Crippen LogP contribution in [0.2, 0.25) is 0 Å². The van der Waals surface area contributed by atoms with Crippen molar-refractivity contribution in [3.05, 3.63) is 101 Å². The number of amides is 1. The lowest BCUT2D eigenvalue weighted by Crippen LogP contribution is -2.21. The first-order chi connectivity index (χ1) is 17.8. The summed E-state index contributed by atoms with van der Waals surface area (Å²) in [6, 6.07) is 16.5. The molecule has 1 aliphatic rings. The van der Waals surface area contributed by atoms with Crippen LogP contribution in [0.25, 0.3) is 16.9 Å². The summed E-state index contributed by atoms with van der Waals surface area (Å²) >= 11 is 0. The number of benzene rings is 2. The Morgan fingerprint density at radius 1 is 1.08 bits per heavy atom. The minimum atomic E-state index is -4.67. The number of nitrogens with one attached hydrogen (secondary N) is 1. The molecule has 2 aromatic carbocycles. The average Bonchev–Trinajstić information content (AvgIpc) is 3.49. The largest absolute Gasteiger partial charge is 0.433 e. The van der Waals surface area contributed by atoms with Crippen LogP contribution in [0.15, 0.2) is 67.0 Å². The molecular weight excluding hydrogens is 481 g/mol. The Bertz CT molecular complexity index is 1670. The van der Waals surface area contributed by atoms with Gasteiger partial charge < -0.3 is 5.32 Å². The van der Waals surface area contributed by atoms with Crippen molar-refractivity contribution in [3.63, 3.8) is 0 Å². The number of aromatic nitrogens is 5. The van der Waals surface area contributed by atoms with Crippen molar-refractivity contribution >= 4 is 17.2 Å². The molecule has 186 valence electrons. The second-order valence-corrected chi connectivity index (χ2v) is 9.05. The van der Waals surface area contributed by atoms with Gasteiger partial charge in [0.25, 0.3) is 5.91 Å². The van der Waals surface area contributed by atoms with E-state index >= 15 is 0 Å². The summed E-state index contributed by atoms with van der Waals surface area (Å²) in [6.07, 6.45) is -0.865. The predicted molar refractivity (Wildman–Crippen MR) is 131 cm³/mol. The number of carbonyl (C=O) groups is 1. The van der Waals surface area contributed by atoms with Gasteiger partial charge in [-0.05, 0) is 36.5 Å². The van der Waals surface area contributed by atoms with Crippen LogP contribution in [0.1, 0.15) is 38.4 Å². The van der Waals surface area contributed by atoms with Gasteiger partial charge in [-0.2, -0.15) is 23.4 Å². The Kier molecular flexibility index (Phi) is 5.32. The number of alkyl halides is 3. The van der Waals surface area contributed by atoms with Gasteiger partial charge in [-0.1, -0.05) is 48.5 Å². The molecule has 0 bridgehead atoms. The molecule has 1 N–H and O–H groups in total. The fraction of sp³-hybridized carbons (Fsp3) is 0.185. The fourth-order valence-electron chi connectivity index (χ4n) is 4.80. The van der Waals surface area contributed by atoms with E-state index in [4.69, 9.17) is 0 Å². The van der Waals surface area contributed by atoms with Crippen LogP contribution in [0.4, 0.5) is 18.9 Å². The maximum absolute atomic E-state index is 14.2. The molecule has 10 heteroatoms. The summed E-state index contributed by atoms with van der Waals surface area (Å²) in [6.45, 7) is 2.52. The molecule has 3 heterocycles. The van der Waals surface area contributed by atoms with Gasteiger partial charge in [0.05, 0.1) is 24.1 Å². The number of nitrogens with zero attached hydrogens (tertiary/aromatic N) is 5. The van der Waals surface area contributed by atoms with Crippen molar-refractivity contribution in [3.8, 4) is 11.3 Å². The van der Waals surface area contributed by atoms with Crippen LogP contribution >= 0.6 is 0 Å². The van der Waals surface area contributed by atoms with Crippen LogP contribution in [0.5, 0.6) is 0 Å². The van der Waals surface area contributed by atoms with Crippen molar-refractivity contribution in [2.75, 3.05) is 5.32 Å². The highest BCUT2D eigenvalue weighted by atomic mass is 19.4. The summed E-state index contributed by atoms with van der Waals surface area (Å²) in [7, 11) is 0. The van der Waals surface area contributed by atoms with Crippen molar-refractivity contribution in [2.45, 2.75) is 32.5 Å². The predicted octanol–water partition coefficient (Wildman–Crippen LogP) is 5.32. The van der Waals surface area contributed by atoms with Crippen LogP contribution in [-0.4, -0.2) is 30.3 Å². The molecule has 1 aliphatic carbocycles. The van der Waals surface area contributed by atoms with Gasteiger partial charge in [0, 0.05) is 23.4 Å². The fourth-order valence-corrected chi connectivity index (χ4v) is 4.80. The van der Waals surface area contributed by atoms with Gasteiger partial charge in [0.2, 0.25) is 0 Å². The molecule has 0 spiro atoms. The van der Waals surface area contributed by atoms with E-state index < -0.39 is 17.8 Å². The lowest BCUT2D eigenvalue weighted by atomic mass is 9.88. The highest BCUT2D eigenvalue weighted by Crippen LogP contribution is 2.40. The molecule has 5 aromatic rings. The second kappa shape index (κ2) is 8.58. The van der Waals surface area contributed by atoms with E-state index in [1.807, 2.05) is 43.3 Å². The van der Waals surface area contributed by atoms with Crippen LogP contribution < -0.4 is 5.32 Å². The Labute approximate surface area is 209 Å². The topological polar surface area (TPSA) is 77.1 Å². The normalized spacial score (nSPS) is 12.9. The summed E-state index contributed by atoms with van der Waals surface area (Å²) in [4.78, 5) is 17.5. The van der Waals surface area contributed by atoms with Gasteiger partial charge in [-0.15, -0.1) is 0 Å². The molecule has 0 saturated heterocycles. The van der Waals surface area contributed by atoms with Gasteiger partial charge in [-0.3, -0.25) is 9.48 Å². The Morgan fingerprint density at radius 2 is 1.86 bits per heavy atom. The molecule has 0 fully saturated rings. The zero-order valence-corrected chi connectivity index (χ0v) is 19.8. The van der Waals surface area contributed by atoms with E-state index in [-0.39, 0.29) is 29.0 Å². The van der Waals surface area contributed by atoms with E-state index in [1.165, 1.54) is 12.3 Å². The highest BCUT2D eigenvalue weighted by molar-refractivity contribution is 6.03. The number of hydrogen-bond acceptors (Lipinski definition) is 4. The van der Waals surface area contributed by atoms with E-state index in [0.29, 0.717) is 24.2 Å². The summed E-state index contributed by atoms with van der Waals surface area (Å²) in [5.41, 5.74) is 3.50. The number of carbonyl (C=O) groups excluding carboxylic acids is 1. The van der Waals surface area contributed by atoms with E-state index in [1.54, 1.807) is 23.0 Å². The Morgan fingerprint density at radius 3 is 2.68 bits per heavy atom. The summed E-state index contributed by atoms with van der Waals surface area (Å²) in [5, 5.41) is 11.0. The van der Waals surface area contributed by atoms with Gasteiger partial charge in [0.15, 0.2) is 17.0 Å². The van der Waals surface area contributed by atoms with Crippen molar-refractivity contribution in [1.82, 2.24) is 24.4 Å². The number of hydrogen-bond donors (Lipinski definition) is 1. The second-order valence-electron chi connectivity index (χ2n) is 9.05. The molecule has 0 unspecified atom stereocenters. The summed E-state index contributed by atoms with van der Waals surface area (Å²) in [5.74, 6) is -0.646. The quantitative estimate of drug-likeness (QED) is 0.361. The molecule has 7 nitrogen and oxygen atoms in total. The van der Waals surface area contributed by atoms with Crippen molar-refractivity contribution in [2.24, 2.45) is 0 Å². The van der Waals surface area contributed by atoms with E-state index in [0.717, 1.165) is 21.2 Å². The zero-order chi connectivity index (χ0) is 25.7. The smallest absolute Gasteiger partial charge is 0.318 e. The van der Waals surface area contributed by atoms with Gasteiger partial charge in [-0.25, -0.2) is 9.50 Å². The monoisotopic (exact) mass is 502 g/mol. The minimum Gasteiger partial charge on any atom is -0.318 e. The third-order valence-corrected chi connectivity index (χ3v) is 6.60. The lowest BCUT2D eigenvalue weighted by Gasteiger charge is -2.23. The third kappa shape index (κ3) is 4.14. The van der Waals surface area contributed by atoms with Crippen molar-refractivity contribution in [1.29, 1.82) is 0 Å². The lowest BCUT2D eigenvalue weighted by molar-refractivity contribution is -0.143. The maximum atomic E-state index is 14.2. The number of fused-ring (bicyclic) bond motifs is 4.